The molecule has 0 saturated carbocycles. The maximum Gasteiger partial charge on any atom is 0.573 e. The van der Waals surface area contributed by atoms with E-state index in [1.807, 2.05) is 0 Å². The molecule has 0 fully saturated rings. The van der Waals surface area contributed by atoms with Crippen LogP contribution in [0.2, 0.25) is 10.0 Å². The van der Waals surface area contributed by atoms with Gasteiger partial charge in [-0.05, 0) is 35.9 Å². The van der Waals surface area contributed by atoms with E-state index in [1.54, 1.807) is 0 Å². The van der Waals surface area contributed by atoms with Crippen molar-refractivity contribution in [3.63, 3.8) is 0 Å². The molecule has 0 heterocycles. The molecule has 29 heavy (non-hydrogen) atoms. The number of carboxylic acid groups (broad SMARTS) is 1. The lowest BCUT2D eigenvalue weighted by atomic mass is 10.0. The molecule has 1 unspecified atom stereocenters. The molecule has 2 aromatic rings. The monoisotopic (exact) mass is 450 g/mol. The van der Waals surface area contributed by atoms with Crippen molar-refractivity contribution in [3.05, 3.63) is 58.1 Å². The summed E-state index contributed by atoms with van der Waals surface area (Å²) in [5.74, 6) is -2.05. The zero-order chi connectivity index (χ0) is 21.9. The van der Waals surface area contributed by atoms with Crippen LogP contribution in [0.5, 0.6) is 5.75 Å². The van der Waals surface area contributed by atoms with Gasteiger partial charge in [0.1, 0.15) is 5.75 Å². The van der Waals surface area contributed by atoms with Crippen molar-refractivity contribution in [3.8, 4) is 5.75 Å². The average Bonchev–Trinajstić information content (AvgIpc) is 2.60. The van der Waals surface area contributed by atoms with Gasteiger partial charge in [-0.2, -0.15) is 0 Å². The van der Waals surface area contributed by atoms with Crippen molar-refractivity contribution in [1.29, 1.82) is 0 Å². The number of nitrogens with zero attached hydrogens (tertiary/aromatic N) is 2. The summed E-state index contributed by atoms with van der Waals surface area (Å²) in [5.41, 5.74) is 0.189. The van der Waals surface area contributed by atoms with Crippen LogP contribution in [0.15, 0.2) is 42.5 Å². The lowest BCUT2D eigenvalue weighted by Gasteiger charge is -2.32. The number of alkyl halides is 3. The molecule has 0 aromatic heterocycles. The number of carbonyl (C=O) groups excluding carboxylic acids is 1. The minimum Gasteiger partial charge on any atom is -0.479 e. The second-order valence-corrected chi connectivity index (χ2v) is 6.85. The van der Waals surface area contributed by atoms with E-state index in [4.69, 9.17) is 23.2 Å². The third-order valence-corrected chi connectivity index (χ3v) is 4.23. The Morgan fingerprint density at radius 2 is 1.66 bits per heavy atom. The molecule has 0 aliphatic rings. The van der Waals surface area contributed by atoms with Crippen LogP contribution in [-0.2, 0) is 4.79 Å². The molecule has 6 nitrogen and oxygen atoms in total. The fourth-order valence-electron chi connectivity index (χ4n) is 2.48. The molecule has 1 N–H and O–H groups in total. The molecule has 11 heteroatoms. The van der Waals surface area contributed by atoms with Crippen LogP contribution < -0.4 is 9.64 Å². The van der Waals surface area contributed by atoms with E-state index in [1.165, 1.54) is 38.4 Å². The van der Waals surface area contributed by atoms with Crippen molar-refractivity contribution in [2.45, 2.75) is 12.4 Å². The van der Waals surface area contributed by atoms with E-state index in [9.17, 15) is 27.9 Å². The molecule has 1 atom stereocenters. The zero-order valence-corrected chi connectivity index (χ0v) is 16.6. The first kappa shape index (κ1) is 22.6. The number of hydrogen-bond donors (Lipinski definition) is 1. The van der Waals surface area contributed by atoms with Gasteiger partial charge < -0.3 is 14.7 Å². The molecule has 0 spiro atoms. The summed E-state index contributed by atoms with van der Waals surface area (Å²) in [7, 11) is 2.80. The molecule has 2 rings (SSSR count). The number of urea groups is 1. The summed E-state index contributed by atoms with van der Waals surface area (Å²) in [6, 6.07) is 6.59. The summed E-state index contributed by atoms with van der Waals surface area (Å²) in [6.45, 7) is 0. The van der Waals surface area contributed by atoms with Gasteiger partial charge in [0.05, 0.1) is 5.02 Å². The van der Waals surface area contributed by atoms with Crippen LogP contribution in [0.3, 0.4) is 0 Å². The Hall–Kier alpha value is -2.65. The molecule has 0 aliphatic carbocycles. The van der Waals surface area contributed by atoms with E-state index in [-0.39, 0.29) is 11.3 Å². The lowest BCUT2D eigenvalue weighted by molar-refractivity contribution is -0.274. The minimum absolute atomic E-state index is 0.0365. The Morgan fingerprint density at radius 3 is 2.10 bits per heavy atom. The molecule has 0 aliphatic heterocycles. The molecule has 0 saturated heterocycles. The standard InChI is InChI=1S/C18H15Cl2F3N2O4/c1-24(2)17(28)25(15(16(26)27)10-3-5-11(19)6-4-10)12-7-8-14(13(20)9-12)29-18(21,22)23/h3-9,15H,1-2H3,(H,26,27). The number of anilines is 1. The Labute approximate surface area is 174 Å². The Balaban J connectivity index is 2.57. The van der Waals surface area contributed by atoms with Gasteiger partial charge in [0.2, 0.25) is 0 Å². The lowest BCUT2D eigenvalue weighted by Crippen LogP contribution is -2.44. The third kappa shape index (κ3) is 5.68. The van der Waals surface area contributed by atoms with Crippen molar-refractivity contribution < 1.29 is 32.6 Å². The predicted octanol–water partition coefficient (Wildman–Crippen LogP) is 5.21. The minimum atomic E-state index is -4.96. The summed E-state index contributed by atoms with van der Waals surface area (Å²) in [5, 5.41) is 9.70. The van der Waals surface area contributed by atoms with Crippen molar-refractivity contribution in [2.75, 3.05) is 19.0 Å². The van der Waals surface area contributed by atoms with E-state index < -0.39 is 35.2 Å². The highest BCUT2D eigenvalue weighted by Crippen LogP contribution is 2.36. The Kier molecular flexibility index (Phi) is 6.86. The first-order chi connectivity index (χ1) is 13.4. The number of amides is 2. The first-order valence-electron chi connectivity index (χ1n) is 7.95. The summed E-state index contributed by atoms with van der Waals surface area (Å²) >= 11 is 11.7. The largest absolute Gasteiger partial charge is 0.573 e. The van der Waals surface area contributed by atoms with E-state index in [2.05, 4.69) is 4.74 Å². The number of ether oxygens (including phenoxy) is 1. The second kappa shape index (κ2) is 8.79. The van der Waals surface area contributed by atoms with Gasteiger partial charge in [-0.15, -0.1) is 13.2 Å². The van der Waals surface area contributed by atoms with Gasteiger partial charge in [-0.3, -0.25) is 4.90 Å². The number of benzene rings is 2. The zero-order valence-electron chi connectivity index (χ0n) is 15.1. The van der Waals surface area contributed by atoms with Gasteiger partial charge >= 0.3 is 18.4 Å². The van der Waals surface area contributed by atoms with Crippen LogP contribution in [0.25, 0.3) is 0 Å². The highest BCUT2D eigenvalue weighted by atomic mass is 35.5. The highest BCUT2D eigenvalue weighted by Gasteiger charge is 2.35. The fraction of sp³-hybridized carbons (Fsp3) is 0.222. The van der Waals surface area contributed by atoms with Gasteiger partial charge in [0, 0.05) is 24.8 Å². The van der Waals surface area contributed by atoms with Gasteiger partial charge in [0.25, 0.3) is 0 Å². The SMILES string of the molecule is CN(C)C(=O)N(c1ccc(OC(F)(F)F)c(Cl)c1)C(C(=O)O)c1ccc(Cl)cc1. The first-order valence-corrected chi connectivity index (χ1v) is 8.70. The van der Waals surface area contributed by atoms with Gasteiger partial charge in [-0.1, -0.05) is 35.3 Å². The van der Waals surface area contributed by atoms with E-state index in [0.717, 1.165) is 28.0 Å². The number of hydrogen-bond acceptors (Lipinski definition) is 3. The Morgan fingerprint density at radius 1 is 1.07 bits per heavy atom. The number of rotatable bonds is 5. The quantitative estimate of drug-likeness (QED) is 0.678. The smallest absolute Gasteiger partial charge is 0.479 e. The number of halogens is 5. The number of carboxylic acids is 1. The fourth-order valence-corrected chi connectivity index (χ4v) is 2.82. The normalized spacial score (nSPS) is 12.2. The number of carbonyl (C=O) groups is 2. The highest BCUT2D eigenvalue weighted by molar-refractivity contribution is 6.32. The molecule has 156 valence electrons. The van der Waals surface area contributed by atoms with E-state index >= 15 is 0 Å². The van der Waals surface area contributed by atoms with Crippen LogP contribution in [0.1, 0.15) is 11.6 Å². The summed E-state index contributed by atoms with van der Waals surface area (Å²) in [6.07, 6.45) is -4.96. The Bertz CT molecular complexity index is 905. The van der Waals surface area contributed by atoms with Crippen molar-refractivity contribution in [2.24, 2.45) is 0 Å². The maximum atomic E-state index is 12.8. The maximum absolute atomic E-state index is 12.8. The molecular formula is C18H15Cl2F3N2O4. The van der Waals surface area contributed by atoms with Crippen LogP contribution >= 0.6 is 23.2 Å². The molecule has 2 amide bonds. The van der Waals surface area contributed by atoms with E-state index in [0.29, 0.717) is 5.02 Å². The molecule has 2 aromatic carbocycles. The predicted molar refractivity (Wildman–Crippen MR) is 102 cm³/mol. The topological polar surface area (TPSA) is 70.1 Å². The third-order valence-electron chi connectivity index (χ3n) is 3.69. The van der Waals surface area contributed by atoms with Crippen LogP contribution in [-0.4, -0.2) is 42.5 Å². The summed E-state index contributed by atoms with van der Waals surface area (Å²) in [4.78, 5) is 26.8. The van der Waals surface area contributed by atoms with Crippen LogP contribution in [0.4, 0.5) is 23.7 Å². The second-order valence-electron chi connectivity index (χ2n) is 6.00. The number of aliphatic carboxylic acids is 1. The van der Waals surface area contributed by atoms with Crippen molar-refractivity contribution in [1.82, 2.24) is 4.90 Å². The van der Waals surface area contributed by atoms with Gasteiger partial charge in [0.15, 0.2) is 6.04 Å². The molecule has 0 radical (unpaired) electrons. The molecule has 0 bridgehead atoms. The van der Waals surface area contributed by atoms with Gasteiger partial charge in [-0.25, -0.2) is 9.59 Å². The average molecular weight is 451 g/mol. The summed E-state index contributed by atoms with van der Waals surface area (Å²) < 4.78 is 41.2. The van der Waals surface area contributed by atoms with Crippen molar-refractivity contribution >= 4 is 40.9 Å². The van der Waals surface area contributed by atoms with Crippen LogP contribution in [0, 0.1) is 0 Å². The molecular weight excluding hydrogens is 436 g/mol.